The summed E-state index contributed by atoms with van der Waals surface area (Å²) < 4.78 is 6.56. The number of aryl methyl sites for hydroxylation is 1. The van der Waals surface area contributed by atoms with Crippen molar-refractivity contribution in [1.29, 1.82) is 0 Å². The maximum atomic E-state index is 12.8. The Balaban J connectivity index is 3.15. The van der Waals surface area contributed by atoms with Gasteiger partial charge in [-0.25, -0.2) is 0 Å². The van der Waals surface area contributed by atoms with Crippen LogP contribution in [0, 0.1) is 15.9 Å². The van der Waals surface area contributed by atoms with Gasteiger partial charge in [-0.2, -0.15) is 0 Å². The van der Waals surface area contributed by atoms with Gasteiger partial charge in [-0.1, -0.05) is 20.8 Å². The van der Waals surface area contributed by atoms with Crippen LogP contribution in [0.3, 0.4) is 0 Å². The highest BCUT2D eigenvalue weighted by molar-refractivity contribution is 14.1. The van der Waals surface area contributed by atoms with Crippen molar-refractivity contribution in [2.45, 2.75) is 53.7 Å². The second-order valence-corrected chi connectivity index (χ2v) is 8.68. The second kappa shape index (κ2) is 9.50. The van der Waals surface area contributed by atoms with Crippen LogP contribution in [0.1, 0.15) is 50.5 Å². The van der Waals surface area contributed by atoms with Gasteiger partial charge in [-0.15, -0.1) is 0 Å². The Bertz CT molecular complexity index is 702. The molecule has 0 bridgehead atoms. The first-order valence-corrected chi connectivity index (χ1v) is 9.59. The van der Waals surface area contributed by atoms with Gasteiger partial charge in [0, 0.05) is 11.8 Å². The van der Waals surface area contributed by atoms with Gasteiger partial charge in [0.25, 0.3) is 0 Å². The molecule has 1 aromatic rings. The largest absolute Gasteiger partial charge is 0.515 e. The number of carbonyl (C=O) groups is 1. The van der Waals surface area contributed by atoms with Gasteiger partial charge in [-0.3, -0.25) is 9.79 Å². The number of hydrogen-bond donors (Lipinski definition) is 2. The van der Waals surface area contributed by atoms with Crippen LogP contribution in [0.5, 0.6) is 5.75 Å². The first-order chi connectivity index (χ1) is 12.0. The number of aliphatic hydroxyl groups is 2. The molecule has 0 heterocycles. The van der Waals surface area contributed by atoms with Crippen molar-refractivity contribution in [2.75, 3.05) is 6.61 Å². The minimum atomic E-state index is -0.367. The molecule has 0 radical (unpaired) electrons. The van der Waals surface area contributed by atoms with E-state index in [2.05, 4.69) is 27.6 Å². The Kier molecular flexibility index (Phi) is 8.27. The number of rotatable bonds is 7. The number of hydrogen-bond acceptors (Lipinski definition) is 5. The van der Waals surface area contributed by atoms with E-state index < -0.39 is 0 Å². The predicted molar refractivity (Wildman–Crippen MR) is 114 cm³/mol. The molecule has 0 saturated carbocycles. The molecular formula is C20H28INO4. The summed E-state index contributed by atoms with van der Waals surface area (Å²) in [6, 6.07) is 3.21. The second-order valence-electron chi connectivity index (χ2n) is 7.52. The van der Waals surface area contributed by atoms with E-state index in [1.165, 1.54) is 6.21 Å². The van der Waals surface area contributed by atoms with Crippen molar-refractivity contribution in [3.8, 4) is 5.75 Å². The van der Waals surface area contributed by atoms with Crippen LogP contribution in [0.4, 0.5) is 0 Å². The number of Topliss-reactive ketones (excluding diaryl/α,β-unsaturated/α-hetero) is 1. The molecule has 0 aliphatic carbocycles. The fraction of sp³-hybridized carbons (Fsp3) is 0.500. The molecule has 0 aliphatic rings. The lowest BCUT2D eigenvalue weighted by Crippen LogP contribution is -2.28. The molecule has 2 N–H and O–H groups in total. The fourth-order valence-electron chi connectivity index (χ4n) is 2.26. The van der Waals surface area contributed by atoms with Gasteiger partial charge < -0.3 is 14.9 Å². The van der Waals surface area contributed by atoms with Gasteiger partial charge in [0.2, 0.25) is 0 Å². The van der Waals surface area contributed by atoms with E-state index in [4.69, 9.17) is 4.74 Å². The molecule has 6 heteroatoms. The molecule has 1 atom stereocenters. The molecule has 0 spiro atoms. The predicted octanol–water partition coefficient (Wildman–Crippen LogP) is 4.49. The van der Waals surface area contributed by atoms with Crippen LogP contribution >= 0.6 is 22.6 Å². The van der Waals surface area contributed by atoms with Crippen molar-refractivity contribution in [3.05, 3.63) is 38.7 Å². The highest BCUT2D eigenvalue weighted by atomic mass is 127. The average Bonchev–Trinajstić information content (AvgIpc) is 2.52. The van der Waals surface area contributed by atoms with Crippen LogP contribution in [0.15, 0.2) is 29.0 Å². The van der Waals surface area contributed by atoms with E-state index in [9.17, 15) is 15.0 Å². The number of aliphatic hydroxyl groups excluding tert-OH is 2. The summed E-state index contributed by atoms with van der Waals surface area (Å²) in [6.07, 6.45) is 2.13. The number of halogens is 1. The van der Waals surface area contributed by atoms with Gasteiger partial charge in [0.05, 0.1) is 34.2 Å². The summed E-state index contributed by atoms with van der Waals surface area (Å²) in [5.41, 5.74) is 1.06. The maximum absolute atomic E-state index is 12.8. The third-order valence-electron chi connectivity index (χ3n) is 3.85. The average molecular weight is 473 g/mol. The summed E-state index contributed by atoms with van der Waals surface area (Å²) in [5, 5.41) is 19.0. The van der Waals surface area contributed by atoms with Gasteiger partial charge in [-0.05, 0) is 66.5 Å². The third-order valence-corrected chi connectivity index (χ3v) is 4.70. The highest BCUT2D eigenvalue weighted by Gasteiger charge is 2.23. The van der Waals surface area contributed by atoms with Crippen LogP contribution in [0.25, 0.3) is 0 Å². The van der Waals surface area contributed by atoms with Crippen LogP contribution in [-0.2, 0) is 0 Å². The number of carbonyl (C=O) groups excluding carboxylic acids is 1. The van der Waals surface area contributed by atoms with E-state index in [1.54, 1.807) is 6.07 Å². The molecule has 0 aliphatic heterocycles. The van der Waals surface area contributed by atoms with Crippen molar-refractivity contribution < 1.29 is 19.7 Å². The molecule has 1 rings (SSSR count). The topological polar surface area (TPSA) is 79.1 Å². The zero-order valence-electron chi connectivity index (χ0n) is 16.2. The summed E-state index contributed by atoms with van der Waals surface area (Å²) in [7, 11) is 0. The molecule has 0 amide bonds. The van der Waals surface area contributed by atoms with Crippen molar-refractivity contribution in [1.82, 2.24) is 0 Å². The highest BCUT2D eigenvalue weighted by Crippen LogP contribution is 2.27. The van der Waals surface area contributed by atoms with Crippen molar-refractivity contribution >= 4 is 34.6 Å². The zero-order valence-corrected chi connectivity index (χ0v) is 18.4. The Labute approximate surface area is 169 Å². The molecule has 144 valence electrons. The smallest absolute Gasteiger partial charge is 0.197 e. The fourth-order valence-corrected chi connectivity index (χ4v) is 2.86. The quantitative estimate of drug-likeness (QED) is 0.201. The van der Waals surface area contributed by atoms with Crippen LogP contribution < -0.4 is 4.74 Å². The normalized spacial score (nSPS) is 14.1. The number of ether oxygens (including phenoxy) is 1. The van der Waals surface area contributed by atoms with E-state index >= 15 is 0 Å². The summed E-state index contributed by atoms with van der Waals surface area (Å²) in [6.45, 7) is 11.4. The summed E-state index contributed by atoms with van der Waals surface area (Å²) >= 11 is 2.13. The lowest BCUT2D eigenvalue weighted by molar-refractivity contribution is 0.103. The first kappa shape index (κ1) is 22.6. The summed E-state index contributed by atoms with van der Waals surface area (Å²) in [4.78, 5) is 17.1. The van der Waals surface area contributed by atoms with E-state index in [1.807, 2.05) is 47.6 Å². The molecule has 1 aromatic carbocycles. The molecular weight excluding hydrogens is 445 g/mol. The monoisotopic (exact) mass is 473 g/mol. The Morgan fingerprint density at radius 3 is 2.42 bits per heavy atom. The molecule has 0 aromatic heterocycles. The molecule has 0 saturated heterocycles. The van der Waals surface area contributed by atoms with Crippen molar-refractivity contribution in [2.24, 2.45) is 10.4 Å². The SMILES string of the molecule is Cc1cc(OC(C)C)c(I)cc1C(=O)C(C=N[C@H](CO)C(C)(C)C)=CO. The molecule has 5 nitrogen and oxygen atoms in total. The van der Waals surface area contributed by atoms with Gasteiger partial charge in [0.1, 0.15) is 5.75 Å². The number of benzene rings is 1. The van der Waals surface area contributed by atoms with E-state index in [0.29, 0.717) is 5.56 Å². The number of ketones is 1. The molecule has 0 fully saturated rings. The lowest BCUT2D eigenvalue weighted by atomic mass is 9.87. The Morgan fingerprint density at radius 1 is 1.35 bits per heavy atom. The summed E-state index contributed by atoms with van der Waals surface area (Å²) in [5.74, 6) is 0.402. The minimum Gasteiger partial charge on any atom is -0.515 e. The third kappa shape index (κ3) is 6.09. The molecule has 26 heavy (non-hydrogen) atoms. The number of aliphatic imine (C=N–C) groups is 1. The van der Waals surface area contributed by atoms with Gasteiger partial charge >= 0.3 is 0 Å². The van der Waals surface area contributed by atoms with Crippen LogP contribution in [0.2, 0.25) is 0 Å². The maximum Gasteiger partial charge on any atom is 0.197 e. The lowest BCUT2D eigenvalue weighted by Gasteiger charge is -2.25. The Morgan fingerprint density at radius 2 is 1.96 bits per heavy atom. The Hall–Kier alpha value is -1.41. The van der Waals surface area contributed by atoms with E-state index in [0.717, 1.165) is 21.1 Å². The standard InChI is InChI=1S/C20H28INO4/c1-12(2)26-17-7-13(3)15(8-16(17)21)19(25)14(10-23)9-22-18(11-24)20(4,5)6/h7-10,12,18,23-24H,11H2,1-6H3/t18-/m1/s1. The van der Waals surface area contributed by atoms with Crippen molar-refractivity contribution in [3.63, 3.8) is 0 Å². The minimum absolute atomic E-state index is 0.0392. The first-order valence-electron chi connectivity index (χ1n) is 8.51. The van der Waals surface area contributed by atoms with Gasteiger partial charge in [0.15, 0.2) is 5.78 Å². The van der Waals surface area contributed by atoms with E-state index in [-0.39, 0.29) is 35.5 Å². The van der Waals surface area contributed by atoms with Crippen LogP contribution in [-0.4, -0.2) is 41.0 Å². The zero-order chi connectivity index (χ0) is 20.1. The molecule has 0 unspecified atom stereocenters. The number of allylic oxidation sites excluding steroid dienone is 1. The number of nitrogens with zero attached hydrogens (tertiary/aromatic N) is 1.